The molecule has 0 fully saturated rings. The minimum absolute atomic E-state index is 0.589. The molecule has 0 aromatic carbocycles. The van der Waals surface area contributed by atoms with Crippen LogP contribution in [-0.4, -0.2) is 30.4 Å². The SMILES string of the molecule is CCCC1CN(CCC)C=N1. The third kappa shape index (κ3) is 2.52. The van der Waals surface area contributed by atoms with Crippen LogP contribution in [0.3, 0.4) is 0 Å². The molecule has 0 amide bonds. The first-order valence-corrected chi connectivity index (χ1v) is 4.64. The van der Waals surface area contributed by atoms with Crippen molar-refractivity contribution in [2.45, 2.75) is 39.2 Å². The number of aliphatic imine (C=N–C) groups is 1. The summed E-state index contributed by atoms with van der Waals surface area (Å²) in [6.07, 6.45) is 5.74. The van der Waals surface area contributed by atoms with Crippen molar-refractivity contribution >= 4 is 6.34 Å². The summed E-state index contributed by atoms with van der Waals surface area (Å²) in [4.78, 5) is 6.75. The lowest BCUT2D eigenvalue weighted by Gasteiger charge is -2.13. The molecule has 1 rings (SSSR count). The second-order valence-electron chi connectivity index (χ2n) is 3.20. The molecule has 11 heavy (non-hydrogen) atoms. The topological polar surface area (TPSA) is 15.6 Å². The monoisotopic (exact) mass is 154 g/mol. The molecule has 1 unspecified atom stereocenters. The van der Waals surface area contributed by atoms with Crippen LogP contribution in [0, 0.1) is 0 Å². The second kappa shape index (κ2) is 4.37. The van der Waals surface area contributed by atoms with E-state index in [1.54, 1.807) is 0 Å². The Hall–Kier alpha value is -0.530. The first kappa shape index (κ1) is 8.57. The van der Waals surface area contributed by atoms with Gasteiger partial charge in [0.2, 0.25) is 0 Å². The van der Waals surface area contributed by atoms with Gasteiger partial charge in [0.15, 0.2) is 0 Å². The van der Waals surface area contributed by atoms with E-state index in [0.29, 0.717) is 6.04 Å². The van der Waals surface area contributed by atoms with Gasteiger partial charge in [0.25, 0.3) is 0 Å². The fraction of sp³-hybridized carbons (Fsp3) is 0.889. The smallest absolute Gasteiger partial charge is 0.0854 e. The first-order valence-electron chi connectivity index (χ1n) is 4.64. The first-order chi connectivity index (χ1) is 5.36. The molecule has 0 aromatic rings. The summed E-state index contributed by atoms with van der Waals surface area (Å²) < 4.78 is 0. The van der Waals surface area contributed by atoms with Gasteiger partial charge in [-0.05, 0) is 12.8 Å². The van der Waals surface area contributed by atoms with Gasteiger partial charge in [0.05, 0.1) is 12.4 Å². The Morgan fingerprint density at radius 1 is 1.45 bits per heavy atom. The molecule has 0 saturated carbocycles. The average molecular weight is 154 g/mol. The Bertz CT molecular complexity index is 118. The Morgan fingerprint density at radius 2 is 2.27 bits per heavy atom. The van der Waals surface area contributed by atoms with Gasteiger partial charge >= 0.3 is 0 Å². The highest BCUT2D eigenvalue weighted by Gasteiger charge is 2.14. The van der Waals surface area contributed by atoms with Crippen molar-refractivity contribution in [3.05, 3.63) is 0 Å². The van der Waals surface area contributed by atoms with Crippen LogP contribution >= 0.6 is 0 Å². The minimum atomic E-state index is 0.589. The Labute approximate surface area is 69.3 Å². The largest absolute Gasteiger partial charge is 0.361 e. The van der Waals surface area contributed by atoms with E-state index in [0.717, 1.165) is 6.54 Å². The van der Waals surface area contributed by atoms with Crippen molar-refractivity contribution < 1.29 is 0 Å². The molecule has 0 bridgehead atoms. The quantitative estimate of drug-likeness (QED) is 0.604. The molecule has 1 aliphatic heterocycles. The summed E-state index contributed by atoms with van der Waals surface area (Å²) in [5, 5.41) is 0. The zero-order valence-corrected chi connectivity index (χ0v) is 7.58. The van der Waals surface area contributed by atoms with Crippen molar-refractivity contribution in [3.63, 3.8) is 0 Å². The molecule has 64 valence electrons. The highest BCUT2D eigenvalue weighted by Crippen LogP contribution is 2.09. The number of rotatable bonds is 4. The number of nitrogens with zero attached hydrogens (tertiary/aromatic N) is 2. The molecular weight excluding hydrogens is 136 g/mol. The van der Waals surface area contributed by atoms with Crippen LogP contribution in [0.15, 0.2) is 4.99 Å². The fourth-order valence-electron chi connectivity index (χ4n) is 1.49. The molecule has 2 nitrogen and oxygen atoms in total. The van der Waals surface area contributed by atoms with Gasteiger partial charge in [-0.25, -0.2) is 0 Å². The van der Waals surface area contributed by atoms with Gasteiger partial charge in [-0.2, -0.15) is 0 Å². The lowest BCUT2D eigenvalue weighted by molar-refractivity contribution is 0.419. The molecule has 0 radical (unpaired) electrons. The van der Waals surface area contributed by atoms with Crippen LogP contribution in [0.4, 0.5) is 0 Å². The molecule has 0 spiro atoms. The van der Waals surface area contributed by atoms with Crippen LogP contribution < -0.4 is 0 Å². The maximum atomic E-state index is 4.43. The zero-order chi connectivity index (χ0) is 8.10. The molecule has 1 atom stereocenters. The van der Waals surface area contributed by atoms with Crippen molar-refractivity contribution in [2.24, 2.45) is 4.99 Å². The maximum Gasteiger partial charge on any atom is 0.0854 e. The molecule has 0 aromatic heterocycles. The van der Waals surface area contributed by atoms with Gasteiger partial charge in [-0.15, -0.1) is 0 Å². The van der Waals surface area contributed by atoms with Crippen LogP contribution in [-0.2, 0) is 0 Å². The van der Waals surface area contributed by atoms with Crippen molar-refractivity contribution in [1.29, 1.82) is 0 Å². The van der Waals surface area contributed by atoms with E-state index in [-0.39, 0.29) is 0 Å². The summed E-state index contributed by atoms with van der Waals surface area (Å²) in [7, 11) is 0. The normalized spacial score (nSPS) is 23.1. The highest BCUT2D eigenvalue weighted by molar-refractivity contribution is 5.57. The second-order valence-corrected chi connectivity index (χ2v) is 3.20. The van der Waals surface area contributed by atoms with Crippen molar-refractivity contribution in [2.75, 3.05) is 13.1 Å². The Kier molecular flexibility index (Phi) is 3.40. The average Bonchev–Trinajstić information content (AvgIpc) is 2.38. The zero-order valence-electron chi connectivity index (χ0n) is 7.58. The van der Waals surface area contributed by atoms with Gasteiger partial charge in [0, 0.05) is 13.1 Å². The molecule has 0 N–H and O–H groups in total. The van der Waals surface area contributed by atoms with Crippen LogP contribution in [0.2, 0.25) is 0 Å². The summed E-state index contributed by atoms with van der Waals surface area (Å²) in [6, 6.07) is 0.589. The summed E-state index contributed by atoms with van der Waals surface area (Å²) in [5.41, 5.74) is 0. The van der Waals surface area contributed by atoms with Crippen LogP contribution in [0.1, 0.15) is 33.1 Å². The molecule has 1 heterocycles. The van der Waals surface area contributed by atoms with E-state index in [4.69, 9.17) is 0 Å². The van der Waals surface area contributed by atoms with Crippen molar-refractivity contribution in [3.8, 4) is 0 Å². The van der Waals surface area contributed by atoms with E-state index < -0.39 is 0 Å². The van der Waals surface area contributed by atoms with Crippen LogP contribution in [0.25, 0.3) is 0 Å². The van der Waals surface area contributed by atoms with Gasteiger partial charge in [0.1, 0.15) is 0 Å². The highest BCUT2D eigenvalue weighted by atomic mass is 15.2. The van der Waals surface area contributed by atoms with E-state index in [1.165, 1.54) is 25.8 Å². The van der Waals surface area contributed by atoms with Gasteiger partial charge < -0.3 is 4.90 Å². The third-order valence-corrected chi connectivity index (χ3v) is 2.02. The molecule has 0 aliphatic carbocycles. The third-order valence-electron chi connectivity index (χ3n) is 2.02. The molecule has 1 aliphatic rings. The fourth-order valence-corrected chi connectivity index (χ4v) is 1.49. The lowest BCUT2D eigenvalue weighted by atomic mass is 10.2. The number of hydrogen-bond acceptors (Lipinski definition) is 2. The van der Waals surface area contributed by atoms with Gasteiger partial charge in [-0.1, -0.05) is 20.3 Å². The van der Waals surface area contributed by atoms with Gasteiger partial charge in [-0.3, -0.25) is 4.99 Å². The maximum absolute atomic E-state index is 4.43. The van der Waals surface area contributed by atoms with Crippen molar-refractivity contribution in [1.82, 2.24) is 4.90 Å². The van der Waals surface area contributed by atoms with E-state index in [9.17, 15) is 0 Å². The standard InChI is InChI=1S/C9H18N2/c1-3-5-9-7-11(6-4-2)8-10-9/h8-9H,3-7H2,1-2H3. The number of hydrogen-bond donors (Lipinski definition) is 0. The lowest BCUT2D eigenvalue weighted by Crippen LogP contribution is -2.23. The summed E-state index contributed by atoms with van der Waals surface area (Å²) >= 11 is 0. The Morgan fingerprint density at radius 3 is 2.91 bits per heavy atom. The summed E-state index contributed by atoms with van der Waals surface area (Å²) in [6.45, 7) is 6.75. The molecule has 0 saturated heterocycles. The molecular formula is C9H18N2. The summed E-state index contributed by atoms with van der Waals surface area (Å²) in [5.74, 6) is 0. The predicted octanol–water partition coefficient (Wildman–Crippen LogP) is 1.91. The van der Waals surface area contributed by atoms with E-state index in [2.05, 4.69) is 23.7 Å². The predicted molar refractivity (Wildman–Crippen MR) is 49.1 cm³/mol. The van der Waals surface area contributed by atoms with Crippen LogP contribution in [0.5, 0.6) is 0 Å². The molecule has 2 heteroatoms. The Balaban J connectivity index is 2.19. The van der Waals surface area contributed by atoms with E-state index in [1.807, 2.05) is 6.34 Å². The minimum Gasteiger partial charge on any atom is -0.361 e. The van der Waals surface area contributed by atoms with E-state index >= 15 is 0 Å².